The lowest BCUT2D eigenvalue weighted by Crippen LogP contribution is -2.35. The normalized spacial score (nSPS) is 13.0. The number of hydrogen-bond acceptors (Lipinski definition) is 4. The van der Waals surface area contributed by atoms with Crippen LogP contribution in [0.15, 0.2) is 18.2 Å². The highest BCUT2D eigenvalue weighted by Crippen LogP contribution is 2.26. The predicted octanol–water partition coefficient (Wildman–Crippen LogP) is 2.89. The Labute approximate surface area is 174 Å². The van der Waals surface area contributed by atoms with Gasteiger partial charge >= 0.3 is 0 Å². The highest BCUT2D eigenvalue weighted by molar-refractivity contribution is 5.96. The Balaban J connectivity index is 0.000000735. The minimum Gasteiger partial charge on any atom is -0.375 e. The molecule has 2 N–H and O–H groups in total. The van der Waals surface area contributed by atoms with Crippen LogP contribution < -0.4 is 10.6 Å². The summed E-state index contributed by atoms with van der Waals surface area (Å²) in [6.45, 7) is 7.51. The molecule has 2 heterocycles. The Morgan fingerprint density at radius 1 is 1.23 bits per heavy atom. The molecule has 0 aliphatic carbocycles. The van der Waals surface area contributed by atoms with Gasteiger partial charge in [-0.2, -0.15) is 0 Å². The van der Waals surface area contributed by atoms with E-state index < -0.39 is 17.5 Å². The maximum Gasteiger partial charge on any atom is 0.272 e. The molecule has 0 saturated heterocycles. The number of aromatic nitrogens is 2. The molecular formula is C21H28F2N4O3. The summed E-state index contributed by atoms with van der Waals surface area (Å²) in [4.78, 5) is 28.1. The van der Waals surface area contributed by atoms with Crippen molar-refractivity contribution in [2.24, 2.45) is 5.92 Å². The Morgan fingerprint density at radius 2 is 1.93 bits per heavy atom. The third kappa shape index (κ3) is 6.09. The summed E-state index contributed by atoms with van der Waals surface area (Å²) in [7, 11) is 1.46. The lowest BCUT2D eigenvalue weighted by molar-refractivity contribution is -0.119. The number of imidazole rings is 1. The van der Waals surface area contributed by atoms with E-state index >= 15 is 0 Å². The number of rotatable bonds is 4. The Morgan fingerprint density at radius 3 is 2.57 bits per heavy atom. The molecule has 0 fully saturated rings. The number of carbonyl (C=O) groups is 2. The van der Waals surface area contributed by atoms with Crippen molar-refractivity contribution < 1.29 is 23.1 Å². The van der Waals surface area contributed by atoms with Crippen molar-refractivity contribution in [2.45, 2.75) is 40.3 Å². The second-order valence-corrected chi connectivity index (χ2v) is 7.51. The molecule has 0 radical (unpaired) electrons. The van der Waals surface area contributed by atoms with E-state index in [1.54, 1.807) is 4.57 Å². The molecule has 0 saturated carbocycles. The van der Waals surface area contributed by atoms with Crippen molar-refractivity contribution in [1.82, 2.24) is 20.2 Å². The summed E-state index contributed by atoms with van der Waals surface area (Å²) in [5.74, 6) is -1.63. The van der Waals surface area contributed by atoms with Gasteiger partial charge in [0.1, 0.15) is 5.82 Å². The van der Waals surface area contributed by atoms with Crippen molar-refractivity contribution in [1.29, 1.82) is 0 Å². The largest absolute Gasteiger partial charge is 0.375 e. The highest BCUT2D eigenvalue weighted by atomic mass is 19.2. The van der Waals surface area contributed by atoms with Crippen molar-refractivity contribution >= 4 is 11.8 Å². The van der Waals surface area contributed by atoms with Crippen LogP contribution in [0.2, 0.25) is 0 Å². The van der Waals surface area contributed by atoms with E-state index in [-0.39, 0.29) is 24.8 Å². The molecule has 0 unspecified atom stereocenters. The molecule has 1 aromatic carbocycles. The zero-order valence-electron chi connectivity index (χ0n) is 17.7. The first kappa shape index (κ1) is 23.5. The van der Waals surface area contributed by atoms with Crippen LogP contribution in [0.5, 0.6) is 0 Å². The van der Waals surface area contributed by atoms with Gasteiger partial charge in [0, 0.05) is 25.8 Å². The molecule has 7 nitrogen and oxygen atoms in total. The van der Waals surface area contributed by atoms with Crippen LogP contribution in [0.3, 0.4) is 0 Å². The van der Waals surface area contributed by atoms with Crippen molar-refractivity contribution in [3.63, 3.8) is 0 Å². The Bertz CT molecular complexity index is 894. The fourth-order valence-electron chi connectivity index (χ4n) is 2.74. The molecule has 2 amide bonds. The molecule has 2 aromatic rings. The fourth-order valence-corrected chi connectivity index (χ4v) is 2.74. The summed E-state index contributed by atoms with van der Waals surface area (Å²) < 4.78 is 34.1. The topological polar surface area (TPSA) is 85.3 Å². The maximum absolute atomic E-state index is 13.6. The average molecular weight is 422 g/mol. The van der Waals surface area contributed by atoms with E-state index in [0.29, 0.717) is 36.7 Å². The second kappa shape index (κ2) is 10.8. The van der Waals surface area contributed by atoms with Crippen LogP contribution in [-0.4, -0.2) is 41.6 Å². The quantitative estimate of drug-likeness (QED) is 0.794. The van der Waals surface area contributed by atoms with Gasteiger partial charge in [0.2, 0.25) is 5.91 Å². The van der Waals surface area contributed by atoms with Crippen molar-refractivity contribution in [2.75, 3.05) is 20.2 Å². The zero-order valence-corrected chi connectivity index (χ0v) is 17.7. The molecule has 0 spiro atoms. The van der Waals surface area contributed by atoms with Gasteiger partial charge in [-0.15, -0.1) is 0 Å². The summed E-state index contributed by atoms with van der Waals surface area (Å²) in [6, 6.07) is 3.47. The van der Waals surface area contributed by atoms with Crippen molar-refractivity contribution in [3.05, 3.63) is 41.2 Å². The van der Waals surface area contributed by atoms with E-state index in [4.69, 9.17) is 4.74 Å². The summed E-state index contributed by atoms with van der Waals surface area (Å²) in [5.41, 5.74) is 1.00. The molecule has 3 rings (SSSR count). The van der Waals surface area contributed by atoms with Crippen LogP contribution in [0.25, 0.3) is 11.4 Å². The average Bonchev–Trinajstić information content (AvgIpc) is 2.89. The van der Waals surface area contributed by atoms with E-state index in [0.717, 1.165) is 18.1 Å². The molecule has 0 bridgehead atoms. The lowest BCUT2D eigenvalue weighted by atomic mass is 10.2. The molecule has 1 aliphatic heterocycles. The van der Waals surface area contributed by atoms with Crippen LogP contribution in [-0.2, 0) is 22.7 Å². The molecule has 164 valence electrons. The predicted molar refractivity (Wildman–Crippen MR) is 109 cm³/mol. The van der Waals surface area contributed by atoms with Gasteiger partial charge in [-0.25, -0.2) is 13.8 Å². The number of nitrogens with one attached hydrogen (secondary N) is 2. The minimum absolute atomic E-state index is 0.107. The van der Waals surface area contributed by atoms with Crippen LogP contribution in [0, 0.1) is 17.6 Å². The lowest BCUT2D eigenvalue weighted by Gasteiger charge is -2.08. The van der Waals surface area contributed by atoms with Crippen molar-refractivity contribution in [3.8, 4) is 11.4 Å². The first-order chi connectivity index (χ1) is 14.2. The standard InChI is InChI=1S/C17H18F2N4O3.C4H10/c1-20-14(24)8-21-17(25)15-13-9-26-6-2-5-23(13)16(22-15)10-3-4-11(18)12(19)7-10;1-4(2)3/h3-4,7H,2,5-6,8-9H2,1H3,(H,20,24)(H,21,25);4H,1-3H3. The van der Waals surface area contributed by atoms with Gasteiger partial charge in [-0.1, -0.05) is 20.8 Å². The monoisotopic (exact) mass is 422 g/mol. The molecule has 1 aromatic heterocycles. The third-order valence-electron chi connectivity index (χ3n) is 4.06. The molecule has 1 aliphatic rings. The van der Waals surface area contributed by atoms with E-state index in [1.165, 1.54) is 13.1 Å². The SMILES string of the molecule is CC(C)C.CNC(=O)CNC(=O)c1nc(-c2ccc(F)c(F)c2)n2c1COCCC2. The zero-order chi connectivity index (χ0) is 22.3. The Kier molecular flexibility index (Phi) is 8.46. The van der Waals surface area contributed by atoms with Gasteiger partial charge in [-0.3, -0.25) is 9.59 Å². The maximum atomic E-state index is 13.6. The molecule has 0 atom stereocenters. The van der Waals surface area contributed by atoms with Crippen LogP contribution in [0.1, 0.15) is 43.4 Å². The van der Waals surface area contributed by atoms with Gasteiger partial charge in [0.05, 0.1) is 18.8 Å². The third-order valence-corrected chi connectivity index (χ3v) is 4.06. The summed E-state index contributed by atoms with van der Waals surface area (Å²) >= 11 is 0. The van der Waals surface area contributed by atoms with Crippen LogP contribution in [0.4, 0.5) is 8.78 Å². The van der Waals surface area contributed by atoms with E-state index in [2.05, 4.69) is 36.4 Å². The number of ether oxygens (including phenoxy) is 1. The summed E-state index contributed by atoms with van der Waals surface area (Å²) in [5, 5.41) is 4.89. The fraction of sp³-hybridized carbons (Fsp3) is 0.476. The molecule has 9 heteroatoms. The first-order valence-corrected chi connectivity index (χ1v) is 9.85. The highest BCUT2D eigenvalue weighted by Gasteiger charge is 2.25. The second-order valence-electron chi connectivity index (χ2n) is 7.51. The number of amides is 2. The number of carbonyl (C=O) groups excluding carboxylic acids is 2. The van der Waals surface area contributed by atoms with Gasteiger partial charge in [-0.05, 0) is 30.5 Å². The smallest absolute Gasteiger partial charge is 0.272 e. The minimum atomic E-state index is -0.990. The Hall–Kier alpha value is -2.81. The number of fused-ring (bicyclic) bond motifs is 1. The van der Waals surface area contributed by atoms with E-state index in [9.17, 15) is 18.4 Å². The van der Waals surface area contributed by atoms with Gasteiger partial charge in [0.15, 0.2) is 17.3 Å². The molecular weight excluding hydrogens is 394 g/mol. The van der Waals surface area contributed by atoms with Gasteiger partial charge < -0.3 is 19.9 Å². The number of benzene rings is 1. The van der Waals surface area contributed by atoms with E-state index in [1.807, 2.05) is 0 Å². The number of halogens is 2. The van der Waals surface area contributed by atoms with Crippen LogP contribution >= 0.6 is 0 Å². The van der Waals surface area contributed by atoms with Gasteiger partial charge in [0.25, 0.3) is 5.91 Å². The number of nitrogens with zero attached hydrogens (tertiary/aromatic N) is 2. The summed E-state index contributed by atoms with van der Waals surface area (Å²) in [6.07, 6.45) is 0.694. The first-order valence-electron chi connectivity index (χ1n) is 9.85. The number of hydrogen-bond donors (Lipinski definition) is 2. The number of likely N-dealkylation sites (N-methyl/N-ethyl adjacent to an activating group) is 1. The molecule has 30 heavy (non-hydrogen) atoms.